The van der Waals surface area contributed by atoms with Crippen LogP contribution in [-0.4, -0.2) is 109 Å². The van der Waals surface area contributed by atoms with Crippen molar-refractivity contribution in [1.29, 1.82) is 0 Å². The van der Waals surface area contributed by atoms with Crippen molar-refractivity contribution in [3.05, 3.63) is 0 Å². The molecule has 4 amide bonds. The van der Waals surface area contributed by atoms with Crippen LogP contribution in [0.4, 0.5) is 0 Å². The molecule has 0 heterocycles. The van der Waals surface area contributed by atoms with Gasteiger partial charge in [0.05, 0.1) is 23.7 Å². The minimum absolute atomic E-state index is 0.00882. The lowest BCUT2D eigenvalue weighted by molar-refractivity contribution is -0.167. The molecule has 0 aliphatic heterocycles. The molecule has 8 fully saturated rings. The van der Waals surface area contributed by atoms with Gasteiger partial charge in [0.15, 0.2) is 0 Å². The van der Waals surface area contributed by atoms with E-state index in [2.05, 4.69) is 62.8 Å². The van der Waals surface area contributed by atoms with Gasteiger partial charge in [-0.15, -0.1) is 0 Å². The van der Waals surface area contributed by atoms with Crippen LogP contribution in [0.5, 0.6) is 0 Å². The molecule has 20 atom stereocenters. The second kappa shape index (κ2) is 23.0. The number of carbonyl (C=O) groups excluding carboxylic acids is 4. The number of nitrogens with one attached hydrogen (secondary N) is 4. The van der Waals surface area contributed by atoms with Crippen molar-refractivity contribution < 1.29 is 55.3 Å². The van der Waals surface area contributed by atoms with Gasteiger partial charge in [0, 0.05) is 50.9 Å². The standard InChI is InChI=1S/C57H96N4O12S2/c1-34(10-16-48(64)58-26-28-74(68,69)70)40-12-14-42-52-44(20-24-56(40,42)5)54(3)22-18-38(30-36(54)32-46(52)62)60-50(66)8-7-9-51(67)61-39-19-23-55(4)37(31-39)33-47(63)53-43-15-13-41(57(43,6)25-21-45(53)55)35(2)11-17-49(65)59-27-29-75(71,72)73/h34-47,52-53,62-63H,7-33H2,1-6H3,(H,58,64)(H,59,65)(H,60,66)(H,61,67)(H,68,69,70)(H,71,72,73)/t34-,35-,36?,37?,38?,39?,40-,41-,42-,43-,44-,45-,46+,47+,52?,53?,54+,55+,56-,57-/m1/s1. The van der Waals surface area contributed by atoms with E-state index in [9.17, 15) is 46.2 Å². The zero-order valence-electron chi connectivity index (χ0n) is 46.2. The second-order valence-corrected chi connectivity index (χ2v) is 30.4. The van der Waals surface area contributed by atoms with E-state index in [-0.39, 0.29) is 94.5 Å². The van der Waals surface area contributed by atoms with Gasteiger partial charge in [0.2, 0.25) is 23.6 Å². The third-order valence-electron chi connectivity index (χ3n) is 23.4. The Morgan fingerprint density at radius 3 is 1.23 bits per heavy atom. The molecule has 8 N–H and O–H groups in total. The summed E-state index contributed by atoms with van der Waals surface area (Å²) < 4.78 is 62.2. The average Bonchev–Trinajstić information content (AvgIpc) is 3.87. The van der Waals surface area contributed by atoms with Crippen molar-refractivity contribution in [2.75, 3.05) is 24.6 Å². The lowest BCUT2D eigenvalue weighted by Crippen LogP contribution is -2.59. The van der Waals surface area contributed by atoms with Gasteiger partial charge in [-0.2, -0.15) is 16.8 Å². The van der Waals surface area contributed by atoms with Gasteiger partial charge in [-0.1, -0.05) is 41.5 Å². The smallest absolute Gasteiger partial charge is 0.266 e. The number of aliphatic hydroxyl groups is 2. The first kappa shape index (κ1) is 58.8. The van der Waals surface area contributed by atoms with Crippen LogP contribution >= 0.6 is 0 Å². The maximum absolute atomic E-state index is 13.4. The molecule has 0 aromatic rings. The predicted molar refractivity (Wildman–Crippen MR) is 287 cm³/mol. The van der Waals surface area contributed by atoms with Crippen LogP contribution < -0.4 is 21.3 Å². The van der Waals surface area contributed by atoms with Gasteiger partial charge >= 0.3 is 0 Å². The summed E-state index contributed by atoms with van der Waals surface area (Å²) in [4.78, 5) is 51.8. The summed E-state index contributed by atoms with van der Waals surface area (Å²) in [5.41, 5.74) is 0.377. The Morgan fingerprint density at radius 2 is 0.853 bits per heavy atom. The molecule has 8 rings (SSSR count). The maximum atomic E-state index is 13.4. The fraction of sp³-hybridized carbons (Fsp3) is 0.930. The van der Waals surface area contributed by atoms with Crippen LogP contribution in [0.2, 0.25) is 0 Å². The zero-order valence-corrected chi connectivity index (χ0v) is 47.8. The fourth-order valence-corrected chi connectivity index (χ4v) is 20.3. The molecule has 8 saturated carbocycles. The summed E-state index contributed by atoms with van der Waals surface area (Å²) in [5, 5.41) is 35.9. The number of hydrogen-bond acceptors (Lipinski definition) is 10. The van der Waals surface area contributed by atoms with E-state index < -0.39 is 31.7 Å². The Balaban J connectivity index is 0.748. The monoisotopic (exact) mass is 1090 g/mol. The van der Waals surface area contributed by atoms with Crippen LogP contribution in [0.15, 0.2) is 0 Å². The number of amides is 4. The lowest BCUT2D eigenvalue weighted by atomic mass is 9.43. The predicted octanol–water partition coefficient (Wildman–Crippen LogP) is 7.23. The van der Waals surface area contributed by atoms with E-state index in [4.69, 9.17) is 9.11 Å². The summed E-state index contributed by atoms with van der Waals surface area (Å²) in [6.45, 7) is 14.0. The minimum Gasteiger partial charge on any atom is -0.393 e. The molecule has 8 aliphatic rings. The van der Waals surface area contributed by atoms with E-state index in [1.807, 2.05) is 0 Å². The largest absolute Gasteiger partial charge is 0.393 e. The van der Waals surface area contributed by atoms with Gasteiger partial charge in [-0.3, -0.25) is 28.3 Å². The van der Waals surface area contributed by atoms with Gasteiger partial charge in [0.25, 0.3) is 20.2 Å². The van der Waals surface area contributed by atoms with E-state index in [0.29, 0.717) is 104 Å². The van der Waals surface area contributed by atoms with Crippen LogP contribution in [0.25, 0.3) is 0 Å². The van der Waals surface area contributed by atoms with Gasteiger partial charge in [-0.25, -0.2) is 0 Å². The molecular formula is C57H96N4O12S2. The van der Waals surface area contributed by atoms with Crippen molar-refractivity contribution in [1.82, 2.24) is 21.3 Å². The Bertz CT molecular complexity index is 2150. The van der Waals surface area contributed by atoms with Crippen molar-refractivity contribution in [3.63, 3.8) is 0 Å². The topological polar surface area (TPSA) is 266 Å². The number of rotatable bonds is 20. The summed E-state index contributed by atoms with van der Waals surface area (Å²) in [6.07, 6.45) is 18.2. The quantitative estimate of drug-likeness (QED) is 0.0562. The van der Waals surface area contributed by atoms with Crippen LogP contribution in [0.1, 0.15) is 189 Å². The molecule has 6 unspecified atom stereocenters. The Morgan fingerprint density at radius 1 is 0.493 bits per heavy atom. The first-order chi connectivity index (χ1) is 35.1. The number of hydrogen-bond donors (Lipinski definition) is 8. The summed E-state index contributed by atoms with van der Waals surface area (Å²) >= 11 is 0. The van der Waals surface area contributed by atoms with Gasteiger partial charge in [-0.05, 0) is 215 Å². The third-order valence-corrected chi connectivity index (χ3v) is 24.9. The van der Waals surface area contributed by atoms with E-state index in [1.165, 1.54) is 0 Å². The summed E-state index contributed by atoms with van der Waals surface area (Å²) in [7, 11) is -8.25. The molecule has 16 nitrogen and oxygen atoms in total. The molecule has 75 heavy (non-hydrogen) atoms. The molecule has 428 valence electrons. The highest BCUT2D eigenvalue weighted by Gasteiger charge is 2.65. The highest BCUT2D eigenvalue weighted by atomic mass is 32.2. The molecule has 8 aliphatic carbocycles. The highest BCUT2D eigenvalue weighted by Crippen LogP contribution is 2.70. The molecule has 0 spiro atoms. The first-order valence-corrected chi connectivity index (χ1v) is 32.8. The molecule has 0 radical (unpaired) electrons. The van der Waals surface area contributed by atoms with Crippen molar-refractivity contribution in [2.45, 2.75) is 214 Å². The molecule has 0 aromatic carbocycles. The van der Waals surface area contributed by atoms with Gasteiger partial charge < -0.3 is 31.5 Å². The molecule has 18 heteroatoms. The molecule has 0 aromatic heterocycles. The van der Waals surface area contributed by atoms with Crippen LogP contribution in [-0.2, 0) is 39.4 Å². The maximum Gasteiger partial charge on any atom is 0.266 e. The average molecular weight is 1090 g/mol. The Hall–Kier alpha value is -2.38. The number of fused-ring (bicyclic) bond motifs is 10. The Labute approximate surface area is 449 Å². The number of aliphatic hydroxyl groups excluding tert-OH is 2. The summed E-state index contributed by atoms with van der Waals surface area (Å²) in [6, 6.07) is 0.118. The van der Waals surface area contributed by atoms with Gasteiger partial charge in [0.1, 0.15) is 0 Å². The van der Waals surface area contributed by atoms with Crippen molar-refractivity contribution in [3.8, 4) is 0 Å². The SMILES string of the molecule is C[C@H](CCC(=O)NCCS(=O)(=O)O)[C@H]1CC[C@@H]2C3[C@@H](CC[C@@]21C)[C@@]1(C)CCC(NC(=O)CCCC(=O)NC2CC[C@@]4(C)C(C2)C[C@H](O)C2[C@H]5CC[C@H]([C@H](C)CCC(=O)NCCS(=O)(=O)O)[C@@]5(C)CC[C@H]24)CC1C[C@@H]3O. The third kappa shape index (κ3) is 12.7. The molecule has 0 saturated heterocycles. The fourth-order valence-electron chi connectivity index (χ4n) is 19.6. The van der Waals surface area contributed by atoms with Crippen molar-refractivity contribution >= 4 is 43.9 Å². The van der Waals surface area contributed by atoms with E-state index in [1.54, 1.807) is 0 Å². The second-order valence-electron chi connectivity index (χ2n) is 27.3. The minimum atomic E-state index is -4.12. The lowest BCUT2D eigenvalue weighted by Gasteiger charge is -2.62. The van der Waals surface area contributed by atoms with Crippen LogP contribution in [0, 0.1) is 92.7 Å². The zero-order chi connectivity index (χ0) is 54.5. The normalized spacial score (nSPS) is 42.0. The molecular weight excluding hydrogens is 997 g/mol. The van der Waals surface area contributed by atoms with E-state index in [0.717, 1.165) is 103 Å². The highest BCUT2D eigenvalue weighted by molar-refractivity contribution is 7.86. The molecule has 0 bridgehead atoms. The summed E-state index contributed by atoms with van der Waals surface area (Å²) in [5.74, 6) is 2.96. The van der Waals surface area contributed by atoms with E-state index >= 15 is 0 Å². The van der Waals surface area contributed by atoms with Crippen LogP contribution in [0.3, 0.4) is 0 Å². The first-order valence-electron chi connectivity index (χ1n) is 29.5. The Kier molecular flexibility index (Phi) is 18.0. The number of carbonyl (C=O) groups is 4. The van der Waals surface area contributed by atoms with Crippen molar-refractivity contribution in [2.24, 2.45) is 92.7 Å².